The average Bonchev–Trinajstić information content (AvgIpc) is 2.67. The van der Waals surface area contributed by atoms with Crippen LogP contribution >= 0.6 is 0 Å². The molecule has 0 spiro atoms. The number of sulfonamides is 1. The zero-order valence-corrected chi connectivity index (χ0v) is 11.6. The Kier molecular flexibility index (Phi) is 4.26. The maximum absolute atomic E-state index is 12.5. The van der Waals surface area contributed by atoms with Crippen LogP contribution in [0.4, 0.5) is 5.69 Å². The first kappa shape index (κ1) is 14.8. The third-order valence-electron chi connectivity index (χ3n) is 3.03. The summed E-state index contributed by atoms with van der Waals surface area (Å²) in [5.41, 5.74) is 5.42. The molecule has 0 saturated carbocycles. The van der Waals surface area contributed by atoms with Gasteiger partial charge in [-0.2, -0.15) is 4.31 Å². The molecule has 1 aromatic carbocycles. The average molecular weight is 300 g/mol. The highest BCUT2D eigenvalue weighted by molar-refractivity contribution is 7.89. The summed E-state index contributed by atoms with van der Waals surface area (Å²) in [4.78, 5) is 11.0. The van der Waals surface area contributed by atoms with Gasteiger partial charge in [0.25, 0.3) is 0 Å². The van der Waals surface area contributed by atoms with Gasteiger partial charge in [0.15, 0.2) is 0 Å². The second-order valence-electron chi connectivity index (χ2n) is 4.43. The fraction of sp³-hybridized carbons (Fsp3) is 0.417. The normalized spacial score (nSPS) is 17.6. The van der Waals surface area contributed by atoms with Crippen LogP contribution in [0.1, 0.15) is 16.8 Å². The van der Waals surface area contributed by atoms with Crippen LogP contribution in [0.2, 0.25) is 0 Å². The zero-order chi connectivity index (χ0) is 14.8. The molecule has 0 radical (unpaired) electrons. The van der Waals surface area contributed by atoms with Gasteiger partial charge in [0.1, 0.15) is 0 Å². The van der Waals surface area contributed by atoms with E-state index in [0.29, 0.717) is 26.2 Å². The summed E-state index contributed by atoms with van der Waals surface area (Å²) in [6.07, 6.45) is 0.580. The lowest BCUT2D eigenvalue weighted by molar-refractivity contribution is 0.0692. The van der Waals surface area contributed by atoms with Gasteiger partial charge in [-0.3, -0.25) is 0 Å². The number of anilines is 1. The molecular weight excluding hydrogens is 284 g/mol. The largest absolute Gasteiger partial charge is 0.478 e. The molecule has 110 valence electrons. The first-order valence-corrected chi connectivity index (χ1v) is 7.57. The first-order chi connectivity index (χ1) is 9.43. The molecular formula is C12H16N2O5S. The molecule has 0 atom stereocenters. The van der Waals surface area contributed by atoms with Gasteiger partial charge in [-0.05, 0) is 24.6 Å². The minimum Gasteiger partial charge on any atom is -0.478 e. The second-order valence-corrected chi connectivity index (χ2v) is 6.34. The molecule has 1 aliphatic heterocycles. The van der Waals surface area contributed by atoms with Crippen LogP contribution in [0.3, 0.4) is 0 Å². The quantitative estimate of drug-likeness (QED) is 0.781. The molecule has 3 N–H and O–H groups in total. The number of benzene rings is 1. The van der Waals surface area contributed by atoms with E-state index in [-0.39, 0.29) is 22.7 Å². The summed E-state index contributed by atoms with van der Waals surface area (Å²) < 4.78 is 31.5. The van der Waals surface area contributed by atoms with Gasteiger partial charge in [-0.1, -0.05) is 0 Å². The van der Waals surface area contributed by atoms with Crippen LogP contribution in [0.25, 0.3) is 0 Å². The molecule has 2 rings (SSSR count). The Morgan fingerprint density at radius 3 is 2.75 bits per heavy atom. The fourth-order valence-corrected chi connectivity index (χ4v) is 3.67. The van der Waals surface area contributed by atoms with E-state index in [1.165, 1.54) is 16.4 Å². The van der Waals surface area contributed by atoms with Gasteiger partial charge in [0.2, 0.25) is 10.0 Å². The number of aromatic carboxylic acids is 1. The Balaban J connectivity index is 2.45. The van der Waals surface area contributed by atoms with Crippen molar-refractivity contribution in [3.05, 3.63) is 23.8 Å². The summed E-state index contributed by atoms with van der Waals surface area (Å²) in [6, 6.07) is 3.77. The van der Waals surface area contributed by atoms with Gasteiger partial charge >= 0.3 is 5.97 Å². The molecule has 0 bridgehead atoms. The molecule has 1 saturated heterocycles. The van der Waals surface area contributed by atoms with Crippen LogP contribution in [0.15, 0.2) is 23.1 Å². The molecule has 0 aromatic heterocycles. The summed E-state index contributed by atoms with van der Waals surface area (Å²) >= 11 is 0. The monoisotopic (exact) mass is 300 g/mol. The maximum Gasteiger partial charge on any atom is 0.337 e. The molecule has 1 aromatic rings. The van der Waals surface area contributed by atoms with Crippen LogP contribution in [0.5, 0.6) is 0 Å². The molecule has 8 heteroatoms. The Labute approximate surface area is 117 Å². The number of nitrogen functional groups attached to an aromatic ring is 1. The van der Waals surface area contributed by atoms with Gasteiger partial charge in [0.05, 0.1) is 17.1 Å². The first-order valence-electron chi connectivity index (χ1n) is 6.13. The number of ether oxygens (including phenoxy) is 1. The van der Waals surface area contributed by atoms with Crippen LogP contribution < -0.4 is 5.73 Å². The van der Waals surface area contributed by atoms with Gasteiger partial charge in [0, 0.05) is 25.4 Å². The number of carboxylic acids is 1. The number of carboxylic acid groups (broad SMARTS) is 1. The minimum atomic E-state index is -3.86. The summed E-state index contributed by atoms with van der Waals surface area (Å²) in [5, 5.41) is 9.14. The van der Waals surface area contributed by atoms with E-state index in [4.69, 9.17) is 15.6 Å². The van der Waals surface area contributed by atoms with E-state index in [0.717, 1.165) is 6.07 Å². The molecule has 0 aliphatic carbocycles. The van der Waals surface area contributed by atoms with Crippen LogP contribution in [-0.2, 0) is 14.8 Å². The van der Waals surface area contributed by atoms with Gasteiger partial charge in [-0.15, -0.1) is 0 Å². The number of nitrogens with two attached hydrogens (primary N) is 1. The van der Waals surface area contributed by atoms with Crippen molar-refractivity contribution < 1.29 is 23.1 Å². The van der Waals surface area contributed by atoms with E-state index in [1.807, 2.05) is 0 Å². The highest BCUT2D eigenvalue weighted by Crippen LogP contribution is 2.23. The molecule has 20 heavy (non-hydrogen) atoms. The van der Waals surface area contributed by atoms with Crippen molar-refractivity contribution in [1.29, 1.82) is 0 Å². The standard InChI is InChI=1S/C12H16N2O5S/c13-9-2-3-11(10(8-9)12(15)16)20(17,18)14-4-1-6-19-7-5-14/h2-3,8H,1,4-7,13H2,(H,15,16). The predicted octanol–water partition coefficient (Wildman–Crippen LogP) is 0.378. The van der Waals surface area contributed by atoms with Crippen LogP contribution in [0, 0.1) is 0 Å². The lowest BCUT2D eigenvalue weighted by atomic mass is 10.2. The number of nitrogens with zero attached hydrogens (tertiary/aromatic N) is 1. The number of hydrogen-bond acceptors (Lipinski definition) is 5. The Morgan fingerprint density at radius 2 is 2.05 bits per heavy atom. The van der Waals surface area contributed by atoms with Gasteiger partial charge < -0.3 is 15.6 Å². The predicted molar refractivity (Wildman–Crippen MR) is 72.0 cm³/mol. The Hall–Kier alpha value is -1.64. The summed E-state index contributed by atoms with van der Waals surface area (Å²) in [7, 11) is -3.86. The fourth-order valence-electron chi connectivity index (χ4n) is 2.04. The highest BCUT2D eigenvalue weighted by Gasteiger charge is 2.29. The van der Waals surface area contributed by atoms with Crippen molar-refractivity contribution in [2.45, 2.75) is 11.3 Å². The molecule has 1 heterocycles. The van der Waals surface area contributed by atoms with Crippen molar-refractivity contribution in [1.82, 2.24) is 4.31 Å². The van der Waals surface area contributed by atoms with Crippen molar-refractivity contribution in [3.63, 3.8) is 0 Å². The topological polar surface area (TPSA) is 110 Å². The number of rotatable bonds is 3. The van der Waals surface area contributed by atoms with E-state index >= 15 is 0 Å². The minimum absolute atomic E-state index is 0.209. The van der Waals surface area contributed by atoms with Gasteiger partial charge in [-0.25, -0.2) is 13.2 Å². The lowest BCUT2D eigenvalue weighted by Crippen LogP contribution is -2.34. The molecule has 0 unspecified atom stereocenters. The molecule has 1 aliphatic rings. The molecule has 0 amide bonds. The number of hydrogen-bond donors (Lipinski definition) is 2. The summed E-state index contributed by atoms with van der Waals surface area (Å²) in [5.74, 6) is -1.32. The van der Waals surface area contributed by atoms with Crippen molar-refractivity contribution in [3.8, 4) is 0 Å². The lowest BCUT2D eigenvalue weighted by Gasteiger charge is -2.20. The van der Waals surface area contributed by atoms with E-state index in [9.17, 15) is 13.2 Å². The van der Waals surface area contributed by atoms with Crippen LogP contribution in [-0.4, -0.2) is 50.1 Å². The zero-order valence-electron chi connectivity index (χ0n) is 10.8. The SMILES string of the molecule is Nc1ccc(S(=O)(=O)N2CCCOCC2)c(C(=O)O)c1. The van der Waals surface area contributed by atoms with Crippen molar-refractivity contribution >= 4 is 21.7 Å². The molecule has 7 nitrogen and oxygen atoms in total. The second kappa shape index (κ2) is 5.78. The summed E-state index contributed by atoms with van der Waals surface area (Å²) in [6.45, 7) is 1.33. The van der Waals surface area contributed by atoms with E-state index in [1.54, 1.807) is 0 Å². The Morgan fingerprint density at radius 1 is 1.30 bits per heavy atom. The van der Waals surface area contributed by atoms with E-state index in [2.05, 4.69) is 0 Å². The van der Waals surface area contributed by atoms with Crippen molar-refractivity contribution in [2.75, 3.05) is 32.0 Å². The highest BCUT2D eigenvalue weighted by atomic mass is 32.2. The third kappa shape index (κ3) is 2.92. The molecule has 1 fully saturated rings. The maximum atomic E-state index is 12.5. The third-order valence-corrected chi connectivity index (χ3v) is 4.99. The van der Waals surface area contributed by atoms with Crippen molar-refractivity contribution in [2.24, 2.45) is 0 Å². The Bertz CT molecular complexity index is 606. The number of carbonyl (C=O) groups is 1. The smallest absolute Gasteiger partial charge is 0.337 e. The van der Waals surface area contributed by atoms with E-state index < -0.39 is 16.0 Å².